The Balaban J connectivity index is 1.03. The maximum Gasteiger partial charge on any atom is 0.0619 e. The summed E-state index contributed by atoms with van der Waals surface area (Å²) in [4.78, 5) is 2.40. The number of benzene rings is 10. The van der Waals surface area contributed by atoms with Crippen molar-refractivity contribution in [1.29, 1.82) is 0 Å². The monoisotopic (exact) mass is 738 g/mol. The Morgan fingerprint density at radius 1 is 0.310 bits per heavy atom. The van der Waals surface area contributed by atoms with Crippen molar-refractivity contribution in [3.05, 3.63) is 231 Å². The highest BCUT2D eigenvalue weighted by Gasteiger charge is 2.19. The molecule has 10 aromatic carbocycles. The van der Waals surface area contributed by atoms with E-state index in [0.717, 1.165) is 22.7 Å². The first-order valence-corrected chi connectivity index (χ1v) is 19.9. The van der Waals surface area contributed by atoms with E-state index in [9.17, 15) is 0 Å². The van der Waals surface area contributed by atoms with Gasteiger partial charge in [-0.25, -0.2) is 0 Å². The second kappa shape index (κ2) is 14.1. The molecule has 11 rings (SSSR count). The highest BCUT2D eigenvalue weighted by molar-refractivity contribution is 6.18. The van der Waals surface area contributed by atoms with Gasteiger partial charge in [-0.05, 0) is 92.7 Å². The van der Waals surface area contributed by atoms with Gasteiger partial charge < -0.3 is 9.47 Å². The molecule has 58 heavy (non-hydrogen) atoms. The maximum absolute atomic E-state index is 2.44. The number of aromatic nitrogens is 1. The number of para-hydroxylation sites is 1. The summed E-state index contributed by atoms with van der Waals surface area (Å²) in [6, 6.07) is 83.6. The summed E-state index contributed by atoms with van der Waals surface area (Å²) in [5.41, 5.74) is 14.1. The first kappa shape index (κ1) is 33.6. The number of anilines is 3. The van der Waals surface area contributed by atoms with Gasteiger partial charge in [-0.3, -0.25) is 0 Å². The van der Waals surface area contributed by atoms with Crippen molar-refractivity contribution in [2.45, 2.75) is 0 Å². The van der Waals surface area contributed by atoms with Crippen molar-refractivity contribution in [1.82, 2.24) is 4.57 Å². The van der Waals surface area contributed by atoms with Crippen LogP contribution in [0, 0.1) is 0 Å². The highest BCUT2D eigenvalue weighted by Crippen LogP contribution is 2.43. The Morgan fingerprint density at radius 2 is 0.862 bits per heavy atom. The molecule has 0 saturated heterocycles. The maximum atomic E-state index is 2.44. The van der Waals surface area contributed by atoms with Crippen molar-refractivity contribution in [2.24, 2.45) is 0 Å². The van der Waals surface area contributed by atoms with Gasteiger partial charge in [0.2, 0.25) is 0 Å². The number of fused-ring (bicyclic) bond motifs is 6. The lowest BCUT2D eigenvalue weighted by Gasteiger charge is -2.28. The quantitative estimate of drug-likeness (QED) is 0.158. The van der Waals surface area contributed by atoms with Crippen molar-refractivity contribution in [3.8, 4) is 39.1 Å². The molecule has 0 fully saturated rings. The van der Waals surface area contributed by atoms with Gasteiger partial charge in [0.05, 0.1) is 16.7 Å². The van der Waals surface area contributed by atoms with E-state index in [1.54, 1.807) is 0 Å². The van der Waals surface area contributed by atoms with Gasteiger partial charge in [0, 0.05) is 38.6 Å². The van der Waals surface area contributed by atoms with Crippen molar-refractivity contribution in [2.75, 3.05) is 4.90 Å². The van der Waals surface area contributed by atoms with Crippen LogP contribution in [0.4, 0.5) is 17.1 Å². The van der Waals surface area contributed by atoms with Crippen LogP contribution in [0.1, 0.15) is 0 Å². The first-order valence-electron chi connectivity index (χ1n) is 19.9. The van der Waals surface area contributed by atoms with Crippen LogP contribution in [0.25, 0.3) is 82.4 Å². The highest BCUT2D eigenvalue weighted by atomic mass is 15.1. The predicted octanol–water partition coefficient (Wildman–Crippen LogP) is 15.6. The van der Waals surface area contributed by atoms with Crippen LogP contribution in [0.2, 0.25) is 0 Å². The average molecular weight is 739 g/mol. The van der Waals surface area contributed by atoms with Crippen molar-refractivity contribution in [3.63, 3.8) is 0 Å². The fraction of sp³-hybridized carbons (Fsp3) is 0. The zero-order valence-corrected chi connectivity index (χ0v) is 31.8. The van der Waals surface area contributed by atoms with Crippen LogP contribution in [-0.2, 0) is 0 Å². The van der Waals surface area contributed by atoms with Crippen molar-refractivity contribution < 1.29 is 0 Å². The molecular weight excluding hydrogens is 701 g/mol. The summed E-state index contributed by atoms with van der Waals surface area (Å²) >= 11 is 0. The molecule has 2 nitrogen and oxygen atoms in total. The fourth-order valence-electron chi connectivity index (χ4n) is 8.83. The first-order chi connectivity index (χ1) is 28.8. The molecule has 0 aliphatic carbocycles. The fourth-order valence-corrected chi connectivity index (χ4v) is 8.83. The van der Waals surface area contributed by atoms with Crippen LogP contribution in [0.5, 0.6) is 0 Å². The van der Waals surface area contributed by atoms with E-state index in [1.165, 1.54) is 76.7 Å². The minimum Gasteiger partial charge on any atom is -0.310 e. The lowest BCUT2D eigenvalue weighted by Crippen LogP contribution is -2.10. The Hall–Kier alpha value is -7.68. The molecule has 0 saturated carbocycles. The normalized spacial score (nSPS) is 11.4. The van der Waals surface area contributed by atoms with E-state index in [1.807, 2.05) is 0 Å². The SMILES string of the molecule is c1ccc(-c2ccc(N(c3ccc(-c4cccc(-n5c6ccccc6c6ccc7ccccc7c65)c4)cc3)c3ccc(-c4ccccc4)c4ccccc34)cc2)cc1. The van der Waals surface area contributed by atoms with Gasteiger partial charge in [-0.2, -0.15) is 0 Å². The summed E-state index contributed by atoms with van der Waals surface area (Å²) in [7, 11) is 0. The van der Waals surface area contributed by atoms with Crippen LogP contribution < -0.4 is 4.90 Å². The summed E-state index contributed by atoms with van der Waals surface area (Å²) in [6.45, 7) is 0. The molecule has 11 aromatic rings. The molecule has 0 spiro atoms. The van der Waals surface area contributed by atoms with E-state index < -0.39 is 0 Å². The number of nitrogens with zero attached hydrogens (tertiary/aromatic N) is 2. The molecule has 0 unspecified atom stereocenters. The molecule has 0 radical (unpaired) electrons. The number of hydrogen-bond donors (Lipinski definition) is 0. The molecule has 0 aliphatic rings. The topological polar surface area (TPSA) is 8.17 Å². The molecule has 2 heteroatoms. The smallest absolute Gasteiger partial charge is 0.0619 e. The van der Waals surface area contributed by atoms with Gasteiger partial charge in [0.25, 0.3) is 0 Å². The van der Waals surface area contributed by atoms with Crippen LogP contribution in [0.3, 0.4) is 0 Å². The largest absolute Gasteiger partial charge is 0.310 e. The average Bonchev–Trinajstić information content (AvgIpc) is 3.65. The minimum atomic E-state index is 1.10. The van der Waals surface area contributed by atoms with Crippen LogP contribution in [0.15, 0.2) is 231 Å². The molecule has 1 aromatic heterocycles. The Morgan fingerprint density at radius 3 is 1.59 bits per heavy atom. The van der Waals surface area contributed by atoms with E-state index >= 15 is 0 Å². The Bertz CT molecular complexity index is 3250. The van der Waals surface area contributed by atoms with Gasteiger partial charge in [0.15, 0.2) is 0 Å². The third kappa shape index (κ3) is 5.74. The predicted molar refractivity (Wildman–Crippen MR) is 247 cm³/mol. The van der Waals surface area contributed by atoms with Gasteiger partial charge in [-0.1, -0.05) is 182 Å². The molecule has 0 aliphatic heterocycles. The summed E-state index contributed by atoms with van der Waals surface area (Å²) in [5.74, 6) is 0. The molecule has 0 amide bonds. The molecular formula is C56H38N2. The Kier molecular flexibility index (Phi) is 8.19. The van der Waals surface area contributed by atoms with E-state index in [4.69, 9.17) is 0 Å². The molecule has 0 N–H and O–H groups in total. The summed E-state index contributed by atoms with van der Waals surface area (Å²) < 4.78 is 2.44. The number of hydrogen-bond acceptors (Lipinski definition) is 1. The minimum absolute atomic E-state index is 1.10. The van der Waals surface area contributed by atoms with Gasteiger partial charge in [0.1, 0.15) is 0 Å². The zero-order chi connectivity index (χ0) is 38.4. The second-order valence-electron chi connectivity index (χ2n) is 14.9. The summed E-state index contributed by atoms with van der Waals surface area (Å²) in [6.07, 6.45) is 0. The summed E-state index contributed by atoms with van der Waals surface area (Å²) in [5, 5.41) is 7.46. The molecule has 0 atom stereocenters. The Labute approximate surface area is 338 Å². The lowest BCUT2D eigenvalue weighted by atomic mass is 9.96. The third-order valence-electron chi connectivity index (χ3n) is 11.6. The second-order valence-corrected chi connectivity index (χ2v) is 14.9. The lowest BCUT2D eigenvalue weighted by molar-refractivity contribution is 1.19. The van der Waals surface area contributed by atoms with Crippen LogP contribution in [-0.4, -0.2) is 4.57 Å². The standard InChI is InChI=1S/C56H38N2/c1-3-14-39(15-4-1)40-26-31-45(32-27-40)57(55-37-36-48(42-16-5-2-6-17-42)50-22-9-10-23-51(50)55)46-33-28-41(29-34-46)44-19-13-20-47(38-44)58-54-25-12-11-24-52(54)53-35-30-43-18-7-8-21-49(43)56(53)58/h1-38H. The molecule has 0 bridgehead atoms. The van der Waals surface area contributed by atoms with Crippen molar-refractivity contribution >= 4 is 60.4 Å². The zero-order valence-electron chi connectivity index (χ0n) is 31.8. The van der Waals surface area contributed by atoms with E-state index in [2.05, 4.69) is 240 Å². The molecule has 272 valence electrons. The van der Waals surface area contributed by atoms with Gasteiger partial charge >= 0.3 is 0 Å². The number of rotatable bonds is 7. The van der Waals surface area contributed by atoms with Gasteiger partial charge in [-0.15, -0.1) is 0 Å². The molecule has 1 heterocycles. The third-order valence-corrected chi connectivity index (χ3v) is 11.6. The van der Waals surface area contributed by atoms with E-state index in [0.29, 0.717) is 0 Å². The van der Waals surface area contributed by atoms with Crippen LogP contribution >= 0.6 is 0 Å². The van der Waals surface area contributed by atoms with E-state index in [-0.39, 0.29) is 0 Å².